The Morgan fingerprint density at radius 1 is 0.741 bits per heavy atom. The number of hydrogen-bond acceptors (Lipinski definition) is 2. The summed E-state index contributed by atoms with van der Waals surface area (Å²) < 4.78 is 5.68. The van der Waals surface area contributed by atoms with E-state index in [1.54, 1.807) is 12.1 Å². The molecule has 0 spiro atoms. The zero-order chi connectivity index (χ0) is 19.6. The first-order valence-electron chi connectivity index (χ1n) is 9.29. The van der Waals surface area contributed by atoms with Crippen LogP contribution in [0.5, 0.6) is 5.75 Å². The number of aryl methyl sites for hydroxylation is 4. The highest BCUT2D eigenvalue weighted by Gasteiger charge is 2.13. The maximum atomic E-state index is 12.4. The Balaban J connectivity index is 1.84. The number of ether oxygens (including phenoxy) is 1. The van der Waals surface area contributed by atoms with Crippen LogP contribution in [-0.4, -0.2) is 5.97 Å². The first-order chi connectivity index (χ1) is 12.8. The van der Waals surface area contributed by atoms with Gasteiger partial charge in [-0.1, -0.05) is 42.5 Å². The van der Waals surface area contributed by atoms with Crippen LogP contribution in [0.2, 0.25) is 0 Å². The van der Waals surface area contributed by atoms with Crippen molar-refractivity contribution in [2.24, 2.45) is 0 Å². The molecule has 0 aliphatic carbocycles. The Morgan fingerprint density at radius 2 is 1.22 bits per heavy atom. The first kappa shape index (κ1) is 18.9. The van der Waals surface area contributed by atoms with Gasteiger partial charge in [0.15, 0.2) is 0 Å². The molecule has 0 aliphatic rings. The van der Waals surface area contributed by atoms with Crippen LogP contribution >= 0.6 is 0 Å². The minimum atomic E-state index is -0.320. The fourth-order valence-electron chi connectivity index (χ4n) is 3.49. The molecule has 0 fully saturated rings. The highest BCUT2D eigenvalue weighted by Crippen LogP contribution is 2.27. The summed E-state index contributed by atoms with van der Waals surface area (Å²) in [6.07, 6.45) is 0.872. The lowest BCUT2D eigenvalue weighted by atomic mass is 9.95. The second kappa shape index (κ2) is 7.79. The average Bonchev–Trinajstić information content (AvgIpc) is 2.63. The standard InChI is InChI=1S/C25H26O2/c1-16-11-21(12-17(2)20(16)5)15-22-13-18(3)24(19(4)14-22)27-25(26)23-9-7-6-8-10-23/h6-14H,15H2,1-5H3. The van der Waals surface area contributed by atoms with Crippen molar-refractivity contribution in [1.82, 2.24) is 0 Å². The lowest BCUT2D eigenvalue weighted by Gasteiger charge is -2.14. The third kappa shape index (κ3) is 4.28. The largest absolute Gasteiger partial charge is 0.422 e. The van der Waals surface area contributed by atoms with Crippen LogP contribution < -0.4 is 4.74 Å². The third-order valence-corrected chi connectivity index (χ3v) is 5.12. The summed E-state index contributed by atoms with van der Waals surface area (Å²) in [4.78, 5) is 12.4. The van der Waals surface area contributed by atoms with E-state index in [4.69, 9.17) is 4.74 Å². The summed E-state index contributed by atoms with van der Waals surface area (Å²) in [5.74, 6) is 0.336. The van der Waals surface area contributed by atoms with E-state index in [2.05, 4.69) is 45.0 Å². The van der Waals surface area contributed by atoms with Gasteiger partial charge in [-0.2, -0.15) is 0 Å². The van der Waals surface area contributed by atoms with Gasteiger partial charge in [0.05, 0.1) is 5.56 Å². The molecule has 0 radical (unpaired) electrons. The van der Waals surface area contributed by atoms with Crippen molar-refractivity contribution in [1.29, 1.82) is 0 Å². The molecule has 0 bridgehead atoms. The van der Waals surface area contributed by atoms with Crippen molar-refractivity contribution in [3.8, 4) is 5.75 Å². The van der Waals surface area contributed by atoms with Crippen molar-refractivity contribution in [3.63, 3.8) is 0 Å². The summed E-state index contributed by atoms with van der Waals surface area (Å²) in [5.41, 5.74) is 9.07. The number of carbonyl (C=O) groups is 1. The van der Waals surface area contributed by atoms with E-state index in [1.165, 1.54) is 27.8 Å². The quantitative estimate of drug-likeness (QED) is 0.420. The topological polar surface area (TPSA) is 26.3 Å². The van der Waals surface area contributed by atoms with Crippen molar-refractivity contribution >= 4 is 5.97 Å². The van der Waals surface area contributed by atoms with Crippen molar-refractivity contribution in [2.75, 3.05) is 0 Å². The molecule has 0 heterocycles. The van der Waals surface area contributed by atoms with Crippen LogP contribution in [-0.2, 0) is 6.42 Å². The highest BCUT2D eigenvalue weighted by atomic mass is 16.5. The molecule has 0 saturated heterocycles. The molecular weight excluding hydrogens is 332 g/mol. The summed E-state index contributed by atoms with van der Waals surface area (Å²) in [6, 6.07) is 17.8. The summed E-state index contributed by atoms with van der Waals surface area (Å²) in [6.45, 7) is 10.5. The molecule has 0 aromatic heterocycles. The van der Waals surface area contributed by atoms with Crippen molar-refractivity contribution in [2.45, 2.75) is 41.0 Å². The molecule has 2 nitrogen and oxygen atoms in total. The second-order valence-corrected chi connectivity index (χ2v) is 7.35. The fourth-order valence-corrected chi connectivity index (χ4v) is 3.49. The van der Waals surface area contributed by atoms with E-state index in [-0.39, 0.29) is 5.97 Å². The molecule has 0 saturated carbocycles. The first-order valence-corrected chi connectivity index (χ1v) is 9.29. The Kier molecular flexibility index (Phi) is 5.46. The number of benzene rings is 3. The number of rotatable bonds is 4. The number of carbonyl (C=O) groups excluding carboxylic acids is 1. The summed E-state index contributed by atoms with van der Waals surface area (Å²) >= 11 is 0. The Labute approximate surface area is 161 Å². The molecule has 3 aromatic carbocycles. The van der Waals surface area contributed by atoms with Crippen LogP contribution in [0.3, 0.4) is 0 Å². The van der Waals surface area contributed by atoms with E-state index in [0.717, 1.165) is 17.5 Å². The molecule has 0 aliphatic heterocycles. The zero-order valence-electron chi connectivity index (χ0n) is 16.7. The molecule has 3 aromatic rings. The molecule has 0 unspecified atom stereocenters. The lowest BCUT2D eigenvalue weighted by molar-refractivity contribution is 0.0732. The molecular formula is C25H26O2. The number of esters is 1. The SMILES string of the molecule is Cc1cc(Cc2cc(C)c(OC(=O)c3ccccc3)c(C)c2)cc(C)c1C. The van der Waals surface area contributed by atoms with Gasteiger partial charge in [-0.15, -0.1) is 0 Å². The van der Waals surface area contributed by atoms with Gasteiger partial charge in [-0.3, -0.25) is 0 Å². The molecule has 27 heavy (non-hydrogen) atoms. The second-order valence-electron chi connectivity index (χ2n) is 7.35. The van der Waals surface area contributed by atoms with Gasteiger partial charge in [-0.05, 0) is 92.1 Å². The van der Waals surface area contributed by atoms with Gasteiger partial charge in [-0.25, -0.2) is 4.79 Å². The smallest absolute Gasteiger partial charge is 0.343 e. The molecule has 0 atom stereocenters. The van der Waals surface area contributed by atoms with Gasteiger partial charge in [0.1, 0.15) is 5.75 Å². The lowest BCUT2D eigenvalue weighted by Crippen LogP contribution is -2.10. The van der Waals surface area contributed by atoms with E-state index < -0.39 is 0 Å². The van der Waals surface area contributed by atoms with Crippen molar-refractivity contribution in [3.05, 3.63) is 99.1 Å². The molecule has 0 N–H and O–H groups in total. The minimum Gasteiger partial charge on any atom is -0.422 e. The summed E-state index contributed by atoms with van der Waals surface area (Å²) in [7, 11) is 0. The Hall–Kier alpha value is -2.87. The van der Waals surface area contributed by atoms with Crippen LogP contribution in [0, 0.1) is 34.6 Å². The van der Waals surface area contributed by atoms with Gasteiger partial charge >= 0.3 is 5.97 Å². The fraction of sp³-hybridized carbons (Fsp3) is 0.240. The van der Waals surface area contributed by atoms with Gasteiger partial charge < -0.3 is 4.74 Å². The maximum absolute atomic E-state index is 12.4. The Morgan fingerprint density at radius 3 is 1.74 bits per heavy atom. The van der Waals surface area contributed by atoms with Gasteiger partial charge in [0.25, 0.3) is 0 Å². The van der Waals surface area contributed by atoms with Crippen molar-refractivity contribution < 1.29 is 9.53 Å². The minimum absolute atomic E-state index is 0.320. The molecule has 138 valence electrons. The average molecular weight is 358 g/mol. The third-order valence-electron chi connectivity index (χ3n) is 5.12. The highest BCUT2D eigenvalue weighted by molar-refractivity contribution is 5.91. The van der Waals surface area contributed by atoms with Crippen LogP contribution in [0.25, 0.3) is 0 Å². The van der Waals surface area contributed by atoms with Crippen LogP contribution in [0.1, 0.15) is 49.3 Å². The molecule has 2 heteroatoms. The maximum Gasteiger partial charge on any atom is 0.343 e. The monoisotopic (exact) mass is 358 g/mol. The Bertz CT molecular complexity index is 938. The van der Waals surface area contributed by atoms with Gasteiger partial charge in [0, 0.05) is 0 Å². The van der Waals surface area contributed by atoms with Crippen LogP contribution in [0.4, 0.5) is 0 Å². The van der Waals surface area contributed by atoms with E-state index in [9.17, 15) is 4.79 Å². The predicted octanol–water partition coefficient (Wildman–Crippen LogP) is 6.04. The normalized spacial score (nSPS) is 10.7. The molecule has 3 rings (SSSR count). The zero-order valence-corrected chi connectivity index (χ0v) is 16.7. The van der Waals surface area contributed by atoms with E-state index >= 15 is 0 Å². The number of hydrogen-bond donors (Lipinski definition) is 0. The molecule has 0 amide bonds. The van der Waals surface area contributed by atoms with E-state index in [0.29, 0.717) is 11.3 Å². The van der Waals surface area contributed by atoms with Crippen LogP contribution in [0.15, 0.2) is 54.6 Å². The van der Waals surface area contributed by atoms with E-state index in [1.807, 2.05) is 32.0 Å². The summed E-state index contributed by atoms with van der Waals surface area (Å²) in [5, 5.41) is 0. The van der Waals surface area contributed by atoms with Gasteiger partial charge in [0.2, 0.25) is 0 Å². The predicted molar refractivity (Wildman–Crippen MR) is 111 cm³/mol.